The Morgan fingerprint density at radius 2 is 1.69 bits per heavy atom. The molecule has 1 heteroatoms. The summed E-state index contributed by atoms with van der Waals surface area (Å²) in [5.41, 5.74) is 0. The van der Waals surface area contributed by atoms with Gasteiger partial charge in [0.05, 0.1) is 0 Å². The molecule has 0 aliphatic carbocycles. The van der Waals surface area contributed by atoms with Crippen LogP contribution in [0.4, 0.5) is 0 Å². The van der Waals surface area contributed by atoms with Crippen molar-refractivity contribution in [1.82, 2.24) is 0 Å². The first kappa shape index (κ1) is 13.7. The highest BCUT2D eigenvalue weighted by Crippen LogP contribution is 2.12. The molecular weight excluding hydrogens is 194 g/mol. The summed E-state index contributed by atoms with van der Waals surface area (Å²) in [5, 5.41) is 0. The van der Waals surface area contributed by atoms with Gasteiger partial charge in [0.15, 0.2) is 0 Å². The molecule has 0 saturated heterocycles. The lowest BCUT2D eigenvalue weighted by molar-refractivity contribution is -0.516. The van der Waals surface area contributed by atoms with Crippen molar-refractivity contribution < 1.29 is 4.58 Å². The third kappa shape index (κ3) is 5.67. The molecule has 0 saturated carbocycles. The van der Waals surface area contributed by atoms with Gasteiger partial charge in [-0.25, -0.2) is 4.58 Å². The first-order chi connectivity index (χ1) is 7.86. The van der Waals surface area contributed by atoms with Crippen LogP contribution in [0.2, 0.25) is 0 Å². The molecule has 1 atom stereocenters. The second kappa shape index (κ2) is 8.78. The first-order valence-electron chi connectivity index (χ1n) is 7.45. The zero-order valence-electron chi connectivity index (χ0n) is 11.4. The molecule has 0 fully saturated rings. The van der Waals surface area contributed by atoms with E-state index in [1.807, 2.05) is 0 Å². The summed E-state index contributed by atoms with van der Waals surface area (Å²) >= 11 is 0. The Kier molecular flexibility index (Phi) is 7.54. The quantitative estimate of drug-likeness (QED) is 0.407. The van der Waals surface area contributed by atoms with Gasteiger partial charge in [-0.3, -0.25) is 0 Å². The molecule has 16 heavy (non-hydrogen) atoms. The normalized spacial score (nSPS) is 20.1. The lowest BCUT2D eigenvalue weighted by Crippen LogP contribution is -2.10. The standard InChI is InChI=1S/C15H30N/c1-3-5-6-7-8-9-10-12-16-13-11-15(4-2)14-16/h14-15H,3-13H2,1-2H3/q+1. The van der Waals surface area contributed by atoms with E-state index in [0.29, 0.717) is 0 Å². The molecule has 0 bridgehead atoms. The number of rotatable bonds is 9. The summed E-state index contributed by atoms with van der Waals surface area (Å²) in [7, 11) is 0. The Balaban J connectivity index is 1.91. The van der Waals surface area contributed by atoms with Crippen molar-refractivity contribution in [3.05, 3.63) is 0 Å². The van der Waals surface area contributed by atoms with Crippen LogP contribution in [0.3, 0.4) is 0 Å². The van der Waals surface area contributed by atoms with Gasteiger partial charge in [-0.15, -0.1) is 0 Å². The molecule has 1 heterocycles. The Labute approximate surface area is 102 Å². The fraction of sp³-hybridized carbons (Fsp3) is 0.933. The molecule has 1 unspecified atom stereocenters. The van der Waals surface area contributed by atoms with Crippen molar-refractivity contribution in [3.8, 4) is 0 Å². The predicted molar refractivity (Wildman–Crippen MR) is 72.4 cm³/mol. The van der Waals surface area contributed by atoms with Gasteiger partial charge in [-0.2, -0.15) is 0 Å². The lowest BCUT2D eigenvalue weighted by atomic mass is 10.1. The van der Waals surface area contributed by atoms with Crippen LogP contribution >= 0.6 is 0 Å². The molecule has 94 valence electrons. The van der Waals surface area contributed by atoms with Crippen LogP contribution in [0, 0.1) is 5.92 Å². The maximum Gasteiger partial charge on any atom is 0.143 e. The van der Waals surface area contributed by atoms with E-state index in [0.717, 1.165) is 5.92 Å². The van der Waals surface area contributed by atoms with E-state index >= 15 is 0 Å². The number of nitrogens with zero attached hydrogens (tertiary/aromatic N) is 1. The number of hydrogen-bond donors (Lipinski definition) is 0. The fourth-order valence-electron chi connectivity index (χ4n) is 2.55. The van der Waals surface area contributed by atoms with Crippen LogP contribution in [-0.2, 0) is 0 Å². The smallest absolute Gasteiger partial charge is 0.143 e. The van der Waals surface area contributed by atoms with E-state index in [-0.39, 0.29) is 0 Å². The van der Waals surface area contributed by atoms with Crippen molar-refractivity contribution in [2.45, 2.75) is 71.6 Å². The highest BCUT2D eigenvalue weighted by molar-refractivity contribution is 5.56. The number of hydrogen-bond acceptors (Lipinski definition) is 0. The Morgan fingerprint density at radius 1 is 1.00 bits per heavy atom. The van der Waals surface area contributed by atoms with Crippen molar-refractivity contribution in [2.24, 2.45) is 5.92 Å². The van der Waals surface area contributed by atoms with E-state index in [9.17, 15) is 0 Å². The van der Waals surface area contributed by atoms with Gasteiger partial charge in [0.2, 0.25) is 0 Å². The van der Waals surface area contributed by atoms with E-state index in [4.69, 9.17) is 0 Å². The van der Waals surface area contributed by atoms with Gasteiger partial charge in [-0.1, -0.05) is 46.0 Å². The molecular formula is C15H30N+. The molecule has 0 aromatic heterocycles. The lowest BCUT2D eigenvalue weighted by Gasteiger charge is -2.00. The minimum atomic E-state index is 0.879. The highest BCUT2D eigenvalue weighted by atomic mass is 15.0. The maximum atomic E-state index is 2.56. The van der Waals surface area contributed by atoms with Gasteiger partial charge < -0.3 is 0 Å². The van der Waals surface area contributed by atoms with Gasteiger partial charge in [0.1, 0.15) is 19.3 Å². The zero-order chi connectivity index (χ0) is 11.6. The molecule has 0 radical (unpaired) electrons. The highest BCUT2D eigenvalue weighted by Gasteiger charge is 2.19. The van der Waals surface area contributed by atoms with Crippen LogP contribution in [0.25, 0.3) is 0 Å². The summed E-state index contributed by atoms with van der Waals surface area (Å²) < 4.78 is 2.56. The molecule has 0 amide bonds. The fourth-order valence-corrected chi connectivity index (χ4v) is 2.55. The van der Waals surface area contributed by atoms with Crippen molar-refractivity contribution >= 4 is 6.21 Å². The first-order valence-corrected chi connectivity index (χ1v) is 7.45. The van der Waals surface area contributed by atoms with Crippen molar-refractivity contribution in [1.29, 1.82) is 0 Å². The Bertz CT molecular complexity index is 196. The molecule has 0 spiro atoms. The predicted octanol–water partition coefficient (Wildman–Crippen LogP) is 4.25. The van der Waals surface area contributed by atoms with Gasteiger partial charge >= 0.3 is 0 Å². The molecule has 1 nitrogen and oxygen atoms in total. The van der Waals surface area contributed by atoms with Crippen LogP contribution in [-0.4, -0.2) is 23.9 Å². The summed E-state index contributed by atoms with van der Waals surface area (Å²) in [6.07, 6.45) is 15.2. The minimum absolute atomic E-state index is 0.879. The van der Waals surface area contributed by atoms with Gasteiger partial charge in [-0.05, 0) is 12.8 Å². The van der Waals surface area contributed by atoms with E-state index in [2.05, 4.69) is 24.6 Å². The van der Waals surface area contributed by atoms with Crippen molar-refractivity contribution in [3.63, 3.8) is 0 Å². The minimum Gasteiger partial charge on any atom is -0.239 e. The molecule has 0 aromatic carbocycles. The van der Waals surface area contributed by atoms with Crippen LogP contribution < -0.4 is 0 Å². The van der Waals surface area contributed by atoms with Gasteiger partial charge in [0.25, 0.3) is 0 Å². The molecule has 0 N–H and O–H groups in total. The third-order valence-corrected chi connectivity index (χ3v) is 3.78. The summed E-state index contributed by atoms with van der Waals surface area (Å²) in [5.74, 6) is 0.879. The molecule has 1 aliphatic rings. The SMILES string of the molecule is CCCCCCCCC[N+]1=CC(CC)CC1. The summed E-state index contributed by atoms with van der Waals surface area (Å²) in [6, 6.07) is 0. The average molecular weight is 224 g/mol. The molecule has 1 rings (SSSR count). The van der Waals surface area contributed by atoms with Crippen LogP contribution in [0.5, 0.6) is 0 Å². The van der Waals surface area contributed by atoms with Crippen molar-refractivity contribution in [2.75, 3.05) is 13.1 Å². The Hall–Kier alpha value is -0.330. The van der Waals surface area contributed by atoms with E-state index in [1.54, 1.807) is 0 Å². The van der Waals surface area contributed by atoms with Crippen LogP contribution in [0.1, 0.15) is 71.6 Å². The van der Waals surface area contributed by atoms with E-state index in [1.165, 1.54) is 70.9 Å². The van der Waals surface area contributed by atoms with Gasteiger partial charge in [0, 0.05) is 18.8 Å². The molecule has 0 aromatic rings. The second-order valence-corrected chi connectivity index (χ2v) is 5.26. The van der Waals surface area contributed by atoms with E-state index < -0.39 is 0 Å². The number of unbranched alkanes of at least 4 members (excludes halogenated alkanes) is 6. The Morgan fingerprint density at radius 3 is 2.31 bits per heavy atom. The maximum absolute atomic E-state index is 2.56. The van der Waals surface area contributed by atoms with Crippen LogP contribution in [0.15, 0.2) is 0 Å². The zero-order valence-corrected chi connectivity index (χ0v) is 11.4. The third-order valence-electron chi connectivity index (χ3n) is 3.78. The summed E-state index contributed by atoms with van der Waals surface area (Å²) in [6.45, 7) is 7.21. The average Bonchev–Trinajstić information content (AvgIpc) is 2.76. The topological polar surface area (TPSA) is 3.01 Å². The molecule has 1 aliphatic heterocycles. The monoisotopic (exact) mass is 224 g/mol. The summed E-state index contributed by atoms with van der Waals surface area (Å²) in [4.78, 5) is 0. The second-order valence-electron chi connectivity index (χ2n) is 5.26. The largest absolute Gasteiger partial charge is 0.239 e.